The molecule has 2 amide bonds. The van der Waals surface area contributed by atoms with Crippen molar-refractivity contribution in [3.63, 3.8) is 0 Å². The highest BCUT2D eigenvalue weighted by Gasteiger charge is 2.34. The van der Waals surface area contributed by atoms with Gasteiger partial charge < -0.3 is 10.2 Å². The summed E-state index contributed by atoms with van der Waals surface area (Å²) in [5.41, 5.74) is 1.11. The molecule has 0 aliphatic carbocycles. The number of amides is 2. The third kappa shape index (κ3) is 5.21. The molecule has 3 rings (SSSR count). The molecule has 1 aromatic carbocycles. The number of hydrogen-bond acceptors (Lipinski definition) is 4. The van der Waals surface area contributed by atoms with Crippen molar-refractivity contribution in [1.29, 1.82) is 0 Å². The Labute approximate surface area is 179 Å². The SMILES string of the molecule is CC(=O)NC1CCN(C(=O)C2CCN(S(=O)(=O)c3ccc(C(C)C)cc3)CC2)CC1. The van der Waals surface area contributed by atoms with Gasteiger partial charge in [-0.25, -0.2) is 8.42 Å². The lowest BCUT2D eigenvalue weighted by Crippen LogP contribution is -2.49. The van der Waals surface area contributed by atoms with E-state index in [9.17, 15) is 18.0 Å². The van der Waals surface area contributed by atoms with Crippen LogP contribution in [-0.4, -0.2) is 61.7 Å². The zero-order chi connectivity index (χ0) is 21.9. The first-order chi connectivity index (χ1) is 14.2. The Bertz CT molecular complexity index is 851. The first-order valence-corrected chi connectivity index (χ1v) is 12.3. The molecule has 2 aliphatic rings. The van der Waals surface area contributed by atoms with Crippen LogP contribution < -0.4 is 5.32 Å². The van der Waals surface area contributed by atoms with Crippen LogP contribution in [0.25, 0.3) is 0 Å². The van der Waals surface area contributed by atoms with Crippen LogP contribution in [0.3, 0.4) is 0 Å². The topological polar surface area (TPSA) is 86.8 Å². The van der Waals surface area contributed by atoms with Crippen LogP contribution in [0.4, 0.5) is 0 Å². The number of hydrogen-bond donors (Lipinski definition) is 1. The maximum atomic E-state index is 13.0. The van der Waals surface area contributed by atoms with E-state index in [2.05, 4.69) is 19.2 Å². The average Bonchev–Trinajstić information content (AvgIpc) is 2.73. The number of carbonyl (C=O) groups is 2. The fourth-order valence-corrected chi connectivity index (χ4v) is 5.78. The fraction of sp³-hybridized carbons (Fsp3) is 0.636. The molecule has 0 saturated carbocycles. The molecule has 2 aliphatic heterocycles. The first-order valence-electron chi connectivity index (χ1n) is 10.8. The molecule has 0 aromatic heterocycles. The van der Waals surface area contributed by atoms with Crippen molar-refractivity contribution < 1.29 is 18.0 Å². The first kappa shape index (κ1) is 22.7. The van der Waals surface area contributed by atoms with Crippen molar-refractivity contribution in [3.05, 3.63) is 29.8 Å². The Morgan fingerprint density at radius 1 is 0.967 bits per heavy atom. The number of sulfonamides is 1. The van der Waals surface area contributed by atoms with Gasteiger partial charge in [-0.2, -0.15) is 4.31 Å². The second kappa shape index (κ2) is 9.47. The number of nitrogens with zero attached hydrogens (tertiary/aromatic N) is 2. The van der Waals surface area contributed by atoms with E-state index >= 15 is 0 Å². The van der Waals surface area contributed by atoms with E-state index < -0.39 is 10.0 Å². The molecule has 2 heterocycles. The Morgan fingerprint density at radius 3 is 2.03 bits per heavy atom. The van der Waals surface area contributed by atoms with Crippen LogP contribution in [-0.2, 0) is 19.6 Å². The fourth-order valence-electron chi connectivity index (χ4n) is 4.31. The molecule has 0 atom stereocenters. The van der Waals surface area contributed by atoms with Gasteiger partial charge in [-0.15, -0.1) is 0 Å². The van der Waals surface area contributed by atoms with Gasteiger partial charge in [0.05, 0.1) is 4.90 Å². The molecule has 0 bridgehead atoms. The number of piperidine rings is 2. The molecule has 2 saturated heterocycles. The van der Waals surface area contributed by atoms with E-state index in [0.29, 0.717) is 49.8 Å². The highest BCUT2D eigenvalue weighted by atomic mass is 32.2. The summed E-state index contributed by atoms with van der Waals surface area (Å²) in [6.45, 7) is 7.69. The number of nitrogens with one attached hydrogen (secondary N) is 1. The summed E-state index contributed by atoms with van der Waals surface area (Å²) in [6.07, 6.45) is 2.64. The van der Waals surface area contributed by atoms with Gasteiger partial charge in [-0.05, 0) is 49.3 Å². The third-order valence-corrected chi connectivity index (χ3v) is 8.11. The third-order valence-electron chi connectivity index (χ3n) is 6.20. The van der Waals surface area contributed by atoms with Crippen molar-refractivity contribution >= 4 is 21.8 Å². The zero-order valence-electron chi connectivity index (χ0n) is 18.1. The van der Waals surface area contributed by atoms with Crippen LogP contribution in [0.15, 0.2) is 29.2 Å². The lowest BCUT2D eigenvalue weighted by Gasteiger charge is -2.37. The van der Waals surface area contributed by atoms with E-state index in [1.54, 1.807) is 12.1 Å². The van der Waals surface area contributed by atoms with Gasteiger partial charge in [-0.1, -0.05) is 26.0 Å². The normalized spacial score (nSPS) is 19.8. The van der Waals surface area contributed by atoms with Crippen molar-refractivity contribution in [2.75, 3.05) is 26.2 Å². The van der Waals surface area contributed by atoms with Gasteiger partial charge in [-0.3, -0.25) is 9.59 Å². The van der Waals surface area contributed by atoms with Crippen molar-refractivity contribution in [2.24, 2.45) is 5.92 Å². The summed E-state index contributed by atoms with van der Waals surface area (Å²) in [7, 11) is -3.53. The van der Waals surface area contributed by atoms with E-state index in [1.807, 2.05) is 17.0 Å². The number of rotatable bonds is 5. The van der Waals surface area contributed by atoms with Crippen LogP contribution in [0.5, 0.6) is 0 Å². The molecular weight excluding hydrogens is 402 g/mol. The van der Waals surface area contributed by atoms with E-state index in [4.69, 9.17) is 0 Å². The van der Waals surface area contributed by atoms with Gasteiger partial charge in [0.25, 0.3) is 0 Å². The van der Waals surface area contributed by atoms with Gasteiger partial charge in [0.15, 0.2) is 0 Å². The minimum absolute atomic E-state index is 0.0350. The molecule has 8 heteroatoms. The maximum absolute atomic E-state index is 13.0. The van der Waals surface area contributed by atoms with Crippen LogP contribution >= 0.6 is 0 Å². The zero-order valence-corrected chi connectivity index (χ0v) is 19.0. The number of carbonyl (C=O) groups excluding carboxylic acids is 2. The van der Waals surface area contributed by atoms with Crippen molar-refractivity contribution in [2.45, 2.75) is 63.3 Å². The summed E-state index contributed by atoms with van der Waals surface area (Å²) in [6, 6.07) is 7.25. The quantitative estimate of drug-likeness (QED) is 0.769. The van der Waals surface area contributed by atoms with E-state index in [1.165, 1.54) is 11.2 Å². The standard InChI is InChI=1S/C22H33N3O4S/c1-16(2)18-4-6-21(7-5-18)30(28,29)25-14-8-19(9-15-25)22(27)24-12-10-20(11-13-24)23-17(3)26/h4-7,16,19-20H,8-15H2,1-3H3,(H,23,26). The number of likely N-dealkylation sites (tertiary alicyclic amines) is 1. The van der Waals surface area contributed by atoms with Gasteiger partial charge in [0, 0.05) is 45.1 Å². The van der Waals surface area contributed by atoms with Crippen molar-refractivity contribution in [3.8, 4) is 0 Å². The highest BCUT2D eigenvalue weighted by Crippen LogP contribution is 2.27. The lowest BCUT2D eigenvalue weighted by molar-refractivity contribution is -0.137. The predicted octanol–water partition coefficient (Wildman–Crippen LogP) is 2.34. The molecule has 1 aromatic rings. The predicted molar refractivity (Wildman–Crippen MR) is 115 cm³/mol. The lowest BCUT2D eigenvalue weighted by atomic mass is 9.95. The Balaban J connectivity index is 1.54. The van der Waals surface area contributed by atoms with Crippen LogP contribution in [0, 0.1) is 5.92 Å². The van der Waals surface area contributed by atoms with E-state index in [0.717, 1.165) is 18.4 Å². The second-order valence-electron chi connectivity index (χ2n) is 8.70. The summed E-state index contributed by atoms with van der Waals surface area (Å²) >= 11 is 0. The second-order valence-corrected chi connectivity index (χ2v) is 10.6. The minimum atomic E-state index is -3.53. The average molecular weight is 436 g/mol. The van der Waals surface area contributed by atoms with Gasteiger partial charge in [0.2, 0.25) is 21.8 Å². The molecule has 30 heavy (non-hydrogen) atoms. The maximum Gasteiger partial charge on any atom is 0.243 e. The molecule has 0 radical (unpaired) electrons. The largest absolute Gasteiger partial charge is 0.353 e. The minimum Gasteiger partial charge on any atom is -0.353 e. The molecular formula is C22H33N3O4S. The van der Waals surface area contributed by atoms with Crippen LogP contribution in [0.1, 0.15) is 57.9 Å². The van der Waals surface area contributed by atoms with E-state index in [-0.39, 0.29) is 23.8 Å². The summed E-state index contributed by atoms with van der Waals surface area (Å²) in [5, 5.41) is 2.92. The molecule has 0 spiro atoms. The monoisotopic (exact) mass is 435 g/mol. The Hall–Kier alpha value is -1.93. The van der Waals surface area contributed by atoms with Gasteiger partial charge >= 0.3 is 0 Å². The van der Waals surface area contributed by atoms with Gasteiger partial charge in [0.1, 0.15) is 0 Å². The molecule has 166 valence electrons. The molecule has 2 fully saturated rings. The molecule has 0 unspecified atom stereocenters. The molecule has 1 N–H and O–H groups in total. The van der Waals surface area contributed by atoms with Crippen LogP contribution in [0.2, 0.25) is 0 Å². The number of benzene rings is 1. The summed E-state index contributed by atoms with van der Waals surface area (Å²) < 4.78 is 27.4. The Kier molecular flexibility index (Phi) is 7.18. The smallest absolute Gasteiger partial charge is 0.243 e. The summed E-state index contributed by atoms with van der Waals surface area (Å²) in [5.74, 6) is 0.311. The highest BCUT2D eigenvalue weighted by molar-refractivity contribution is 7.89. The summed E-state index contributed by atoms with van der Waals surface area (Å²) in [4.78, 5) is 26.3. The van der Waals surface area contributed by atoms with Crippen molar-refractivity contribution in [1.82, 2.24) is 14.5 Å². The molecule has 7 nitrogen and oxygen atoms in total. The Morgan fingerprint density at radius 2 is 1.53 bits per heavy atom.